The summed E-state index contributed by atoms with van der Waals surface area (Å²) in [5, 5.41) is 0. The predicted molar refractivity (Wildman–Crippen MR) is 90.7 cm³/mol. The Bertz CT molecular complexity index is 890. The first kappa shape index (κ1) is 15.8. The number of aryl methyl sites for hydroxylation is 2. The van der Waals surface area contributed by atoms with Gasteiger partial charge in [0.1, 0.15) is 5.82 Å². The lowest BCUT2D eigenvalue weighted by atomic mass is 10.1. The summed E-state index contributed by atoms with van der Waals surface area (Å²) in [4.78, 5) is 0.222. The fourth-order valence-corrected chi connectivity index (χ4v) is 5.85. The molecule has 2 aromatic carbocycles. The first-order valence-corrected chi connectivity index (χ1v) is 9.80. The number of hydrogen-bond acceptors (Lipinski definition) is 2. The van der Waals surface area contributed by atoms with Gasteiger partial charge in [0.25, 0.3) is 0 Å². The van der Waals surface area contributed by atoms with E-state index in [9.17, 15) is 12.8 Å². The number of nitrogens with zero attached hydrogens (tertiary/aromatic N) is 1. The molecule has 2 aromatic rings. The van der Waals surface area contributed by atoms with Crippen molar-refractivity contribution >= 4 is 10.0 Å². The van der Waals surface area contributed by atoms with Crippen molar-refractivity contribution in [2.24, 2.45) is 0 Å². The van der Waals surface area contributed by atoms with Crippen LogP contribution in [0.1, 0.15) is 42.0 Å². The fraction of sp³-hybridized carbons (Fsp3) is 0.368. The largest absolute Gasteiger partial charge is 0.244 e. The maximum Gasteiger partial charge on any atom is 0.244 e. The van der Waals surface area contributed by atoms with Crippen LogP contribution >= 0.6 is 0 Å². The lowest BCUT2D eigenvalue weighted by molar-refractivity contribution is 0.314. The lowest BCUT2D eigenvalue weighted by Gasteiger charge is -2.29. The van der Waals surface area contributed by atoms with E-state index in [0.29, 0.717) is 5.56 Å². The normalized spacial score (nSPS) is 20.4. The SMILES string of the molecule is Cc1cc(F)ccc1S(=O)(=O)N(C1CC1)[C@@H]1CCc2ccccc21. The highest BCUT2D eigenvalue weighted by Crippen LogP contribution is 2.45. The standard InChI is InChI=1S/C19H20FNO2S/c1-13-12-15(20)7-11-19(13)24(22,23)21(16-8-9-16)18-10-6-14-4-2-3-5-17(14)18/h2-5,7,11-12,16,18H,6,8-10H2,1H3/t18-/m1/s1. The number of benzene rings is 2. The number of fused-ring (bicyclic) bond motifs is 1. The second-order valence-electron chi connectivity index (χ2n) is 6.73. The van der Waals surface area contributed by atoms with Crippen molar-refractivity contribution in [3.05, 3.63) is 65.0 Å². The van der Waals surface area contributed by atoms with Crippen LogP contribution in [0.3, 0.4) is 0 Å². The molecule has 0 radical (unpaired) electrons. The number of sulfonamides is 1. The van der Waals surface area contributed by atoms with Crippen molar-refractivity contribution in [1.29, 1.82) is 0 Å². The van der Waals surface area contributed by atoms with E-state index < -0.39 is 15.8 Å². The molecule has 24 heavy (non-hydrogen) atoms. The monoisotopic (exact) mass is 345 g/mol. The van der Waals surface area contributed by atoms with Crippen LogP contribution in [-0.2, 0) is 16.4 Å². The average molecular weight is 345 g/mol. The summed E-state index contributed by atoms with van der Waals surface area (Å²) in [7, 11) is -3.64. The zero-order chi connectivity index (χ0) is 16.9. The molecule has 126 valence electrons. The smallest absolute Gasteiger partial charge is 0.207 e. The molecule has 2 aliphatic carbocycles. The summed E-state index contributed by atoms with van der Waals surface area (Å²) in [5.74, 6) is -0.407. The summed E-state index contributed by atoms with van der Waals surface area (Å²) >= 11 is 0. The molecule has 0 saturated heterocycles. The molecule has 0 N–H and O–H groups in total. The molecule has 5 heteroatoms. The lowest BCUT2D eigenvalue weighted by Crippen LogP contribution is -2.36. The topological polar surface area (TPSA) is 37.4 Å². The Balaban J connectivity index is 1.79. The Hall–Kier alpha value is -1.72. The van der Waals surface area contributed by atoms with Gasteiger partial charge in [-0.25, -0.2) is 12.8 Å². The Morgan fingerprint density at radius 1 is 1.08 bits per heavy atom. The molecule has 0 bridgehead atoms. The minimum atomic E-state index is -3.64. The van der Waals surface area contributed by atoms with Crippen molar-refractivity contribution in [2.75, 3.05) is 0 Å². The number of halogens is 1. The molecule has 0 aromatic heterocycles. The predicted octanol–water partition coefficient (Wildman–Crippen LogP) is 3.97. The maximum absolute atomic E-state index is 13.4. The second kappa shape index (κ2) is 5.67. The van der Waals surface area contributed by atoms with Crippen LogP contribution in [0.15, 0.2) is 47.4 Å². The summed E-state index contributed by atoms with van der Waals surface area (Å²) in [6.07, 6.45) is 3.52. The Morgan fingerprint density at radius 2 is 1.83 bits per heavy atom. The highest BCUT2D eigenvalue weighted by molar-refractivity contribution is 7.89. The van der Waals surface area contributed by atoms with E-state index in [0.717, 1.165) is 31.2 Å². The molecule has 0 amide bonds. The molecule has 1 atom stereocenters. The minimum absolute atomic E-state index is 0.0654. The van der Waals surface area contributed by atoms with E-state index in [-0.39, 0.29) is 17.0 Å². The molecule has 0 unspecified atom stereocenters. The van der Waals surface area contributed by atoms with Gasteiger partial charge in [-0.15, -0.1) is 0 Å². The Morgan fingerprint density at radius 3 is 2.54 bits per heavy atom. The zero-order valence-corrected chi connectivity index (χ0v) is 14.4. The molecule has 0 spiro atoms. The van der Waals surface area contributed by atoms with Gasteiger partial charge in [-0.1, -0.05) is 24.3 Å². The van der Waals surface area contributed by atoms with Crippen molar-refractivity contribution in [1.82, 2.24) is 4.31 Å². The van der Waals surface area contributed by atoms with Crippen molar-refractivity contribution in [2.45, 2.75) is 49.6 Å². The highest BCUT2D eigenvalue weighted by atomic mass is 32.2. The third kappa shape index (κ3) is 2.56. The van der Waals surface area contributed by atoms with Crippen LogP contribution in [0, 0.1) is 12.7 Å². The number of rotatable bonds is 4. The van der Waals surface area contributed by atoms with Gasteiger partial charge in [0.2, 0.25) is 10.0 Å². The van der Waals surface area contributed by atoms with E-state index >= 15 is 0 Å². The maximum atomic E-state index is 13.4. The first-order chi connectivity index (χ1) is 11.5. The van der Waals surface area contributed by atoms with Gasteiger partial charge in [-0.3, -0.25) is 0 Å². The van der Waals surface area contributed by atoms with E-state index in [1.165, 1.54) is 23.8 Å². The molecule has 1 fully saturated rings. The van der Waals surface area contributed by atoms with E-state index in [2.05, 4.69) is 6.07 Å². The summed E-state index contributed by atoms with van der Waals surface area (Å²) in [6.45, 7) is 1.66. The summed E-state index contributed by atoms with van der Waals surface area (Å²) in [6, 6.07) is 12.0. The molecule has 0 heterocycles. The van der Waals surface area contributed by atoms with Gasteiger partial charge >= 0.3 is 0 Å². The van der Waals surface area contributed by atoms with Gasteiger partial charge in [-0.2, -0.15) is 4.31 Å². The van der Waals surface area contributed by atoms with E-state index in [1.54, 1.807) is 11.2 Å². The molecule has 4 rings (SSSR count). The van der Waals surface area contributed by atoms with Crippen LogP contribution in [0.2, 0.25) is 0 Å². The Kier molecular flexibility index (Phi) is 3.73. The first-order valence-electron chi connectivity index (χ1n) is 8.36. The average Bonchev–Trinajstić information content (AvgIpc) is 3.27. The summed E-state index contributed by atoms with van der Waals surface area (Å²) < 4.78 is 41.8. The van der Waals surface area contributed by atoms with Crippen LogP contribution < -0.4 is 0 Å². The molecule has 0 aliphatic heterocycles. The number of hydrogen-bond donors (Lipinski definition) is 0. The van der Waals surface area contributed by atoms with Crippen LogP contribution in [0.4, 0.5) is 4.39 Å². The second-order valence-corrected chi connectivity index (χ2v) is 8.54. The zero-order valence-electron chi connectivity index (χ0n) is 13.6. The van der Waals surface area contributed by atoms with Gasteiger partial charge in [0.15, 0.2) is 0 Å². The van der Waals surface area contributed by atoms with Crippen molar-refractivity contribution in [3.8, 4) is 0 Å². The van der Waals surface area contributed by atoms with Crippen LogP contribution in [-0.4, -0.2) is 18.8 Å². The van der Waals surface area contributed by atoms with E-state index in [1.807, 2.05) is 18.2 Å². The minimum Gasteiger partial charge on any atom is -0.207 e. The van der Waals surface area contributed by atoms with Gasteiger partial charge in [-0.05, 0) is 67.5 Å². The molecule has 2 aliphatic rings. The fourth-order valence-electron chi connectivity index (χ4n) is 3.76. The molecule has 1 saturated carbocycles. The molecular weight excluding hydrogens is 325 g/mol. The van der Waals surface area contributed by atoms with Crippen molar-refractivity contribution < 1.29 is 12.8 Å². The van der Waals surface area contributed by atoms with Crippen molar-refractivity contribution in [3.63, 3.8) is 0 Å². The summed E-state index contributed by atoms with van der Waals surface area (Å²) in [5.41, 5.74) is 2.82. The third-order valence-electron chi connectivity index (χ3n) is 5.01. The van der Waals surface area contributed by atoms with Gasteiger partial charge in [0, 0.05) is 6.04 Å². The van der Waals surface area contributed by atoms with Crippen LogP contribution in [0.5, 0.6) is 0 Å². The molecule has 3 nitrogen and oxygen atoms in total. The van der Waals surface area contributed by atoms with Crippen LogP contribution in [0.25, 0.3) is 0 Å². The van der Waals surface area contributed by atoms with Gasteiger partial charge in [0.05, 0.1) is 10.9 Å². The van der Waals surface area contributed by atoms with Gasteiger partial charge < -0.3 is 0 Å². The third-order valence-corrected chi connectivity index (χ3v) is 7.13. The Labute approximate surface area is 142 Å². The highest BCUT2D eigenvalue weighted by Gasteiger charge is 2.45. The van der Waals surface area contributed by atoms with E-state index in [4.69, 9.17) is 0 Å². The molecular formula is C19H20FNO2S. The quantitative estimate of drug-likeness (QED) is 0.841.